The van der Waals surface area contributed by atoms with Gasteiger partial charge in [-0.15, -0.1) is 0 Å². The van der Waals surface area contributed by atoms with E-state index in [0.717, 1.165) is 38.8 Å². The molecule has 2 atom stereocenters. The number of anilines is 3. The number of aliphatic hydroxyl groups excluding tert-OH is 1. The Morgan fingerprint density at radius 2 is 1.86 bits per heavy atom. The summed E-state index contributed by atoms with van der Waals surface area (Å²) in [7, 11) is 3.83. The molecule has 0 amide bonds. The SMILES string of the molecule is CCCNc1nc(NCC2CCC(O)C2)nc(N(C)C)n1. The standard InChI is InChI=1S/C14H26N6O/c1-4-7-15-12-17-13(19-14(18-12)20(2)3)16-9-10-5-6-11(21)8-10/h10-11,21H,4-9H2,1-3H3,(H2,15,16,17,18,19). The van der Waals surface area contributed by atoms with Crippen LogP contribution in [0.2, 0.25) is 0 Å². The summed E-state index contributed by atoms with van der Waals surface area (Å²) in [5, 5.41) is 16.0. The van der Waals surface area contributed by atoms with Crippen LogP contribution in [0, 0.1) is 5.92 Å². The first-order valence-electron chi connectivity index (χ1n) is 7.67. The number of aromatic nitrogens is 3. The fourth-order valence-corrected chi connectivity index (χ4v) is 2.43. The van der Waals surface area contributed by atoms with Gasteiger partial charge in [-0.1, -0.05) is 6.92 Å². The van der Waals surface area contributed by atoms with E-state index in [4.69, 9.17) is 0 Å². The monoisotopic (exact) mass is 294 g/mol. The van der Waals surface area contributed by atoms with Crippen molar-refractivity contribution in [1.29, 1.82) is 0 Å². The molecule has 21 heavy (non-hydrogen) atoms. The first-order valence-corrected chi connectivity index (χ1v) is 7.67. The topological polar surface area (TPSA) is 86.2 Å². The van der Waals surface area contributed by atoms with Crippen molar-refractivity contribution < 1.29 is 5.11 Å². The predicted octanol–water partition coefficient (Wildman–Crippen LogP) is 1.33. The summed E-state index contributed by atoms with van der Waals surface area (Å²) in [6.45, 7) is 3.73. The van der Waals surface area contributed by atoms with Crippen molar-refractivity contribution in [2.75, 3.05) is 42.7 Å². The summed E-state index contributed by atoms with van der Waals surface area (Å²) >= 11 is 0. The van der Waals surface area contributed by atoms with E-state index in [0.29, 0.717) is 23.8 Å². The van der Waals surface area contributed by atoms with Crippen molar-refractivity contribution in [3.63, 3.8) is 0 Å². The van der Waals surface area contributed by atoms with Crippen LogP contribution in [0.4, 0.5) is 17.8 Å². The Balaban J connectivity index is 2.01. The van der Waals surface area contributed by atoms with Crippen molar-refractivity contribution in [1.82, 2.24) is 15.0 Å². The molecule has 1 aliphatic carbocycles. The molecular weight excluding hydrogens is 268 g/mol. The van der Waals surface area contributed by atoms with Gasteiger partial charge >= 0.3 is 0 Å². The average Bonchev–Trinajstić information content (AvgIpc) is 2.88. The second kappa shape index (κ2) is 7.40. The Hall–Kier alpha value is -1.63. The van der Waals surface area contributed by atoms with Gasteiger partial charge < -0.3 is 20.6 Å². The van der Waals surface area contributed by atoms with E-state index in [1.807, 2.05) is 19.0 Å². The number of nitrogens with zero attached hydrogens (tertiary/aromatic N) is 4. The lowest BCUT2D eigenvalue weighted by atomic mass is 10.1. The molecule has 1 saturated carbocycles. The molecular formula is C14H26N6O. The van der Waals surface area contributed by atoms with Gasteiger partial charge in [0.2, 0.25) is 17.8 Å². The van der Waals surface area contributed by atoms with Gasteiger partial charge in [0.25, 0.3) is 0 Å². The second-order valence-corrected chi connectivity index (χ2v) is 5.82. The molecule has 3 N–H and O–H groups in total. The van der Waals surface area contributed by atoms with Gasteiger partial charge in [-0.25, -0.2) is 0 Å². The van der Waals surface area contributed by atoms with Crippen molar-refractivity contribution in [2.45, 2.75) is 38.7 Å². The Morgan fingerprint density at radius 3 is 2.43 bits per heavy atom. The van der Waals surface area contributed by atoms with Gasteiger partial charge in [0.1, 0.15) is 0 Å². The fraction of sp³-hybridized carbons (Fsp3) is 0.786. The molecule has 0 aliphatic heterocycles. The third-order valence-electron chi connectivity index (χ3n) is 3.62. The maximum Gasteiger partial charge on any atom is 0.231 e. The molecule has 7 heteroatoms. The molecule has 0 saturated heterocycles. The van der Waals surface area contributed by atoms with Crippen LogP contribution >= 0.6 is 0 Å². The molecule has 0 bridgehead atoms. The first-order chi connectivity index (χ1) is 10.1. The first kappa shape index (κ1) is 15.8. The summed E-state index contributed by atoms with van der Waals surface area (Å²) in [4.78, 5) is 15.1. The van der Waals surface area contributed by atoms with Crippen LogP contribution in [0.25, 0.3) is 0 Å². The van der Waals surface area contributed by atoms with Gasteiger partial charge in [0, 0.05) is 27.2 Å². The summed E-state index contributed by atoms with van der Waals surface area (Å²) < 4.78 is 0. The third-order valence-corrected chi connectivity index (χ3v) is 3.62. The zero-order valence-corrected chi connectivity index (χ0v) is 13.1. The van der Waals surface area contributed by atoms with Crippen LogP contribution in [0.5, 0.6) is 0 Å². The second-order valence-electron chi connectivity index (χ2n) is 5.82. The molecule has 0 spiro atoms. The van der Waals surface area contributed by atoms with Crippen LogP contribution < -0.4 is 15.5 Å². The van der Waals surface area contributed by atoms with Crippen molar-refractivity contribution in [3.05, 3.63) is 0 Å². The van der Waals surface area contributed by atoms with E-state index in [-0.39, 0.29) is 6.10 Å². The summed E-state index contributed by atoms with van der Waals surface area (Å²) in [5.41, 5.74) is 0. The summed E-state index contributed by atoms with van der Waals surface area (Å²) in [5.74, 6) is 2.32. The molecule has 0 radical (unpaired) electrons. The van der Waals surface area contributed by atoms with E-state index >= 15 is 0 Å². The van der Waals surface area contributed by atoms with Crippen LogP contribution in [0.3, 0.4) is 0 Å². The lowest BCUT2D eigenvalue weighted by Crippen LogP contribution is -2.19. The Bertz CT molecular complexity index is 453. The minimum Gasteiger partial charge on any atom is -0.393 e. The highest BCUT2D eigenvalue weighted by atomic mass is 16.3. The molecule has 0 aromatic carbocycles. The zero-order valence-electron chi connectivity index (χ0n) is 13.1. The Morgan fingerprint density at radius 1 is 1.14 bits per heavy atom. The molecule has 118 valence electrons. The molecule has 2 unspecified atom stereocenters. The highest BCUT2D eigenvalue weighted by molar-refractivity contribution is 5.42. The van der Waals surface area contributed by atoms with Crippen molar-refractivity contribution in [2.24, 2.45) is 5.92 Å². The van der Waals surface area contributed by atoms with Crippen molar-refractivity contribution >= 4 is 17.8 Å². The van der Waals surface area contributed by atoms with Crippen LogP contribution in [-0.2, 0) is 0 Å². The maximum atomic E-state index is 9.57. The van der Waals surface area contributed by atoms with E-state index in [9.17, 15) is 5.11 Å². The average molecular weight is 294 g/mol. The van der Waals surface area contributed by atoms with E-state index < -0.39 is 0 Å². The van der Waals surface area contributed by atoms with Gasteiger partial charge in [-0.3, -0.25) is 0 Å². The molecule has 7 nitrogen and oxygen atoms in total. The molecule has 1 aromatic rings. The van der Waals surface area contributed by atoms with Crippen molar-refractivity contribution in [3.8, 4) is 0 Å². The Labute approximate surface area is 126 Å². The largest absolute Gasteiger partial charge is 0.393 e. The highest BCUT2D eigenvalue weighted by Gasteiger charge is 2.22. The number of rotatable bonds is 7. The van der Waals surface area contributed by atoms with Gasteiger partial charge in [-0.2, -0.15) is 15.0 Å². The minimum atomic E-state index is -0.144. The summed E-state index contributed by atoms with van der Waals surface area (Å²) in [6.07, 6.45) is 3.69. The summed E-state index contributed by atoms with van der Waals surface area (Å²) in [6, 6.07) is 0. The van der Waals surface area contributed by atoms with Crippen LogP contribution in [0.1, 0.15) is 32.6 Å². The van der Waals surface area contributed by atoms with E-state index in [1.54, 1.807) is 0 Å². The molecule has 1 heterocycles. The number of nitrogens with one attached hydrogen (secondary N) is 2. The number of hydrogen-bond donors (Lipinski definition) is 3. The van der Waals surface area contributed by atoms with Crippen LogP contribution in [-0.4, -0.2) is 53.3 Å². The lowest BCUT2D eigenvalue weighted by molar-refractivity contribution is 0.178. The lowest BCUT2D eigenvalue weighted by Gasteiger charge is -2.15. The van der Waals surface area contributed by atoms with E-state index in [1.165, 1.54) is 0 Å². The highest BCUT2D eigenvalue weighted by Crippen LogP contribution is 2.25. The third kappa shape index (κ3) is 4.70. The predicted molar refractivity (Wildman–Crippen MR) is 84.8 cm³/mol. The number of aliphatic hydroxyl groups is 1. The quantitative estimate of drug-likeness (QED) is 0.699. The van der Waals surface area contributed by atoms with Gasteiger partial charge in [0.15, 0.2) is 0 Å². The zero-order chi connectivity index (χ0) is 15.2. The normalized spacial score (nSPS) is 21.3. The van der Waals surface area contributed by atoms with Gasteiger partial charge in [0.05, 0.1) is 6.10 Å². The molecule has 1 aromatic heterocycles. The number of hydrogen-bond acceptors (Lipinski definition) is 7. The smallest absolute Gasteiger partial charge is 0.231 e. The molecule has 1 fully saturated rings. The van der Waals surface area contributed by atoms with E-state index in [2.05, 4.69) is 32.5 Å². The maximum absolute atomic E-state index is 9.57. The van der Waals surface area contributed by atoms with Gasteiger partial charge in [-0.05, 0) is 31.6 Å². The minimum absolute atomic E-state index is 0.144. The van der Waals surface area contributed by atoms with Crippen LogP contribution in [0.15, 0.2) is 0 Å². The molecule has 2 rings (SSSR count). The molecule has 1 aliphatic rings. The Kier molecular flexibility index (Phi) is 5.55. The fourth-order valence-electron chi connectivity index (χ4n) is 2.43.